The Morgan fingerprint density at radius 1 is 0.795 bits per heavy atom. The highest BCUT2D eigenvalue weighted by molar-refractivity contribution is 6.77. The summed E-state index contributed by atoms with van der Waals surface area (Å²) in [5.41, 5.74) is -0.740. The molecule has 1 aliphatic rings. The van der Waals surface area contributed by atoms with Gasteiger partial charge in [-0.3, -0.25) is 0 Å². The molecule has 1 saturated carbocycles. The average Bonchev–Trinajstić information content (AvgIpc) is 2.87. The van der Waals surface area contributed by atoms with Gasteiger partial charge in [0.1, 0.15) is 13.2 Å². The molecule has 0 heterocycles. The lowest BCUT2D eigenvalue weighted by Gasteiger charge is -2.60. The summed E-state index contributed by atoms with van der Waals surface area (Å²) < 4.78 is 150. The molecule has 18 heteroatoms. The number of hydrogen-bond acceptors (Lipinski definition) is 6. The average molecular weight is 713 g/mol. The first-order valence-electron chi connectivity index (χ1n) is 14.5. The predicted octanol–water partition coefficient (Wildman–Crippen LogP) is 8.24. The SMILES string of the molecule is CO[Si](OC)(OC)C1CCC1(C[Si](C)(C)CCCOCC(F)(F)C(F)(F)F)C(CCCOCC(F)(F)C(F)F)O[Si](C)(C)C. The summed E-state index contributed by atoms with van der Waals surface area (Å²) in [5.74, 6) is -9.19. The maximum atomic E-state index is 13.3. The minimum absolute atomic E-state index is 0.184. The molecule has 264 valence electrons. The molecule has 0 saturated heterocycles. The third kappa shape index (κ3) is 11.5. The van der Waals surface area contributed by atoms with Crippen LogP contribution in [0.25, 0.3) is 0 Å². The van der Waals surface area contributed by atoms with Crippen LogP contribution in [0.2, 0.25) is 50.4 Å². The maximum absolute atomic E-state index is 13.3. The Morgan fingerprint density at radius 2 is 1.32 bits per heavy atom. The molecule has 0 aromatic heterocycles. The van der Waals surface area contributed by atoms with Gasteiger partial charge in [-0.25, -0.2) is 8.78 Å². The van der Waals surface area contributed by atoms with E-state index < -0.39 is 74.4 Å². The fourth-order valence-corrected chi connectivity index (χ4v) is 14.1. The van der Waals surface area contributed by atoms with Crippen LogP contribution in [0, 0.1) is 5.41 Å². The van der Waals surface area contributed by atoms with Gasteiger partial charge in [-0.15, -0.1) is 0 Å². The molecule has 1 aliphatic carbocycles. The third-order valence-corrected chi connectivity index (χ3v) is 15.8. The van der Waals surface area contributed by atoms with E-state index in [0.29, 0.717) is 31.4 Å². The van der Waals surface area contributed by atoms with Crippen LogP contribution in [0.1, 0.15) is 32.1 Å². The quantitative estimate of drug-likeness (QED) is 0.0641. The molecule has 0 spiro atoms. The molecule has 0 N–H and O–H groups in total. The van der Waals surface area contributed by atoms with E-state index in [2.05, 4.69) is 13.1 Å². The van der Waals surface area contributed by atoms with Gasteiger partial charge in [-0.2, -0.15) is 30.7 Å². The van der Waals surface area contributed by atoms with Crippen molar-refractivity contribution in [1.82, 2.24) is 0 Å². The van der Waals surface area contributed by atoms with Gasteiger partial charge in [0.25, 0.3) is 0 Å². The van der Waals surface area contributed by atoms with Crippen molar-refractivity contribution in [2.45, 2.75) is 113 Å². The first-order valence-corrected chi connectivity index (χ1v) is 23.2. The van der Waals surface area contributed by atoms with E-state index in [0.717, 1.165) is 0 Å². The second kappa shape index (κ2) is 16.3. The van der Waals surface area contributed by atoms with Crippen molar-refractivity contribution < 1.29 is 66.7 Å². The largest absolute Gasteiger partial charge is 0.504 e. The lowest BCUT2D eigenvalue weighted by Crippen LogP contribution is -2.64. The zero-order valence-electron chi connectivity index (χ0n) is 26.9. The molecule has 0 radical (unpaired) electrons. The third-order valence-electron chi connectivity index (χ3n) is 8.03. The fraction of sp³-hybridized carbons (Fsp3) is 1.00. The highest BCUT2D eigenvalue weighted by atomic mass is 28.4. The molecule has 0 aromatic carbocycles. The van der Waals surface area contributed by atoms with Gasteiger partial charge in [0.2, 0.25) is 0 Å². The van der Waals surface area contributed by atoms with Crippen LogP contribution >= 0.6 is 0 Å². The predicted molar refractivity (Wildman–Crippen MR) is 155 cm³/mol. The number of hydrogen-bond donors (Lipinski definition) is 0. The van der Waals surface area contributed by atoms with E-state index in [1.54, 1.807) is 0 Å². The van der Waals surface area contributed by atoms with Crippen LogP contribution in [-0.4, -0.2) is 104 Å². The van der Waals surface area contributed by atoms with Gasteiger partial charge in [-0.1, -0.05) is 19.1 Å². The van der Waals surface area contributed by atoms with Gasteiger partial charge in [0, 0.05) is 53.6 Å². The van der Waals surface area contributed by atoms with E-state index in [4.69, 9.17) is 27.2 Å². The van der Waals surface area contributed by atoms with Crippen LogP contribution in [0.15, 0.2) is 0 Å². The molecule has 1 fully saturated rings. The second-order valence-electron chi connectivity index (χ2n) is 13.2. The van der Waals surface area contributed by atoms with E-state index in [1.807, 2.05) is 19.6 Å². The van der Waals surface area contributed by atoms with Crippen molar-refractivity contribution in [3.05, 3.63) is 0 Å². The van der Waals surface area contributed by atoms with Gasteiger partial charge < -0.3 is 27.2 Å². The Morgan fingerprint density at radius 3 is 1.75 bits per heavy atom. The first-order chi connectivity index (χ1) is 19.9. The summed E-state index contributed by atoms with van der Waals surface area (Å²) in [6.45, 7) is 6.60. The molecule has 0 aliphatic heterocycles. The summed E-state index contributed by atoms with van der Waals surface area (Å²) in [6, 6.07) is 1.21. The Labute approximate surface area is 258 Å². The first kappa shape index (κ1) is 41.8. The molecule has 44 heavy (non-hydrogen) atoms. The summed E-state index contributed by atoms with van der Waals surface area (Å²) in [4.78, 5) is 0. The minimum atomic E-state index is -5.69. The van der Waals surface area contributed by atoms with Crippen molar-refractivity contribution >= 4 is 25.2 Å². The van der Waals surface area contributed by atoms with Gasteiger partial charge in [0.05, 0.1) is 6.10 Å². The van der Waals surface area contributed by atoms with Crippen molar-refractivity contribution in [1.29, 1.82) is 0 Å². The Kier molecular flexibility index (Phi) is 15.4. The number of alkyl halides is 9. The van der Waals surface area contributed by atoms with Crippen molar-refractivity contribution in [2.24, 2.45) is 5.41 Å². The second-order valence-corrected chi connectivity index (χ2v) is 26.0. The number of halogens is 9. The van der Waals surface area contributed by atoms with Crippen LogP contribution in [0.4, 0.5) is 39.5 Å². The van der Waals surface area contributed by atoms with Gasteiger partial charge in [-0.05, 0) is 57.8 Å². The van der Waals surface area contributed by atoms with E-state index in [9.17, 15) is 39.5 Å². The Hall–Kier alpha value is -0.219. The van der Waals surface area contributed by atoms with Crippen molar-refractivity contribution in [3.63, 3.8) is 0 Å². The van der Waals surface area contributed by atoms with Crippen LogP contribution in [0.3, 0.4) is 0 Å². The summed E-state index contributed by atoms with van der Waals surface area (Å²) >= 11 is 0. The van der Waals surface area contributed by atoms with Gasteiger partial charge >= 0.3 is 33.3 Å². The maximum Gasteiger partial charge on any atom is 0.504 e. The highest BCUT2D eigenvalue weighted by Gasteiger charge is 2.66. The molecule has 0 bridgehead atoms. The molecule has 1 rings (SSSR count). The Balaban J connectivity index is 3.19. The molecule has 3 unspecified atom stereocenters. The molecule has 3 atom stereocenters. The topological polar surface area (TPSA) is 55.4 Å². The molecular formula is C26H49F9O6Si3. The van der Waals surface area contributed by atoms with E-state index in [-0.39, 0.29) is 31.6 Å². The highest BCUT2D eigenvalue weighted by Crippen LogP contribution is 2.64. The van der Waals surface area contributed by atoms with Crippen molar-refractivity contribution in [2.75, 3.05) is 47.8 Å². The van der Waals surface area contributed by atoms with Crippen molar-refractivity contribution in [3.8, 4) is 0 Å². The van der Waals surface area contributed by atoms with E-state index >= 15 is 0 Å². The molecule has 0 amide bonds. The van der Waals surface area contributed by atoms with Crippen LogP contribution in [-0.2, 0) is 27.2 Å². The molecule has 6 nitrogen and oxygen atoms in total. The van der Waals surface area contributed by atoms with Crippen LogP contribution in [0.5, 0.6) is 0 Å². The summed E-state index contributed by atoms with van der Waals surface area (Å²) in [6.07, 6.45) is -7.62. The van der Waals surface area contributed by atoms with Gasteiger partial charge in [0.15, 0.2) is 8.32 Å². The zero-order valence-corrected chi connectivity index (χ0v) is 29.9. The lowest BCUT2D eigenvalue weighted by molar-refractivity contribution is -0.296. The molecular weight excluding hydrogens is 664 g/mol. The monoisotopic (exact) mass is 712 g/mol. The summed E-state index contributed by atoms with van der Waals surface area (Å²) in [7, 11) is -3.21. The fourth-order valence-electron chi connectivity index (χ4n) is 6.02. The summed E-state index contributed by atoms with van der Waals surface area (Å²) in [5, 5.41) is 0. The zero-order chi connectivity index (χ0) is 34.3. The normalized spacial score (nSPS) is 21.5. The van der Waals surface area contributed by atoms with E-state index in [1.165, 1.54) is 21.3 Å². The number of rotatable bonds is 22. The minimum Gasteiger partial charge on any atom is -0.414 e. The molecule has 0 aromatic rings. The Bertz CT molecular complexity index is 850. The smallest absolute Gasteiger partial charge is 0.414 e. The lowest BCUT2D eigenvalue weighted by atomic mass is 9.64. The number of ether oxygens (including phenoxy) is 2. The van der Waals surface area contributed by atoms with Crippen LogP contribution < -0.4 is 0 Å². The standard InChI is InChI=1S/C26H49F9O6Si3/c1-36-44(37-2,38-3)21-12-13-23(21,19-43(7,8)16-10-15-40-18-25(31,32)26(33,34)35)20(41-42(4,5)6)11-9-14-39-17-24(29,30)22(27)28/h20-22H,9-19H2,1-8H3.